The van der Waals surface area contributed by atoms with Crippen LogP contribution in [-0.2, 0) is 0 Å². The highest BCUT2D eigenvalue weighted by Crippen LogP contribution is 2.35. The third-order valence-corrected chi connectivity index (χ3v) is 4.56. The summed E-state index contributed by atoms with van der Waals surface area (Å²) in [5.41, 5.74) is 6.25. The van der Waals surface area contributed by atoms with Gasteiger partial charge in [0, 0.05) is 12.0 Å². The van der Waals surface area contributed by atoms with Crippen molar-refractivity contribution in [2.75, 3.05) is 0 Å². The Labute approximate surface area is 108 Å². The van der Waals surface area contributed by atoms with Gasteiger partial charge in [0.25, 0.3) is 0 Å². The number of hydrogen-bond donors (Lipinski definition) is 1. The van der Waals surface area contributed by atoms with Crippen LogP contribution in [0.1, 0.15) is 81.3 Å². The summed E-state index contributed by atoms with van der Waals surface area (Å²) >= 11 is 0. The van der Waals surface area contributed by atoms with Gasteiger partial charge in [0.05, 0.1) is 5.92 Å². The zero-order valence-corrected chi connectivity index (χ0v) is 11.0. The van der Waals surface area contributed by atoms with Gasteiger partial charge in [-0.15, -0.1) is 0 Å². The first-order valence-corrected chi connectivity index (χ1v) is 7.43. The van der Waals surface area contributed by atoms with Crippen LogP contribution in [0, 0.1) is 0 Å². The Hall–Kier alpha value is -0.900. The van der Waals surface area contributed by atoms with Gasteiger partial charge in [-0.3, -0.25) is 0 Å². The van der Waals surface area contributed by atoms with Gasteiger partial charge in [0.2, 0.25) is 5.89 Å². The number of aromatic nitrogens is 2. The summed E-state index contributed by atoms with van der Waals surface area (Å²) in [5.74, 6) is 2.55. The molecule has 1 heterocycles. The third-order valence-electron chi connectivity index (χ3n) is 4.56. The van der Waals surface area contributed by atoms with Crippen molar-refractivity contribution in [3.63, 3.8) is 0 Å². The lowest BCUT2D eigenvalue weighted by Crippen LogP contribution is -2.27. The first-order valence-electron chi connectivity index (χ1n) is 7.43. The molecule has 0 saturated heterocycles. The molecule has 2 aliphatic rings. The van der Waals surface area contributed by atoms with Crippen LogP contribution in [0.3, 0.4) is 0 Å². The van der Waals surface area contributed by atoms with Crippen molar-refractivity contribution in [2.45, 2.75) is 75.7 Å². The Bertz CT molecular complexity index is 384. The maximum atomic E-state index is 6.25. The molecule has 4 nitrogen and oxygen atoms in total. The Morgan fingerprint density at radius 2 is 1.67 bits per heavy atom. The highest BCUT2D eigenvalue weighted by Gasteiger charge is 2.29. The van der Waals surface area contributed by atoms with Crippen LogP contribution in [-0.4, -0.2) is 16.2 Å². The minimum Gasteiger partial charge on any atom is -0.339 e. The van der Waals surface area contributed by atoms with Crippen LogP contribution in [0.4, 0.5) is 0 Å². The van der Waals surface area contributed by atoms with E-state index in [9.17, 15) is 0 Å². The Balaban J connectivity index is 1.74. The van der Waals surface area contributed by atoms with E-state index in [1.807, 2.05) is 0 Å². The molecule has 100 valence electrons. The largest absolute Gasteiger partial charge is 0.339 e. The topological polar surface area (TPSA) is 64.9 Å². The predicted molar refractivity (Wildman–Crippen MR) is 69.3 cm³/mol. The molecule has 2 atom stereocenters. The lowest BCUT2D eigenvalue weighted by atomic mass is 9.95. The molecule has 0 aliphatic heterocycles. The van der Waals surface area contributed by atoms with Crippen molar-refractivity contribution in [2.24, 2.45) is 5.73 Å². The maximum absolute atomic E-state index is 6.25. The Kier molecular flexibility index (Phi) is 3.64. The fourth-order valence-electron chi connectivity index (χ4n) is 3.39. The van der Waals surface area contributed by atoms with Gasteiger partial charge in [0.15, 0.2) is 5.82 Å². The van der Waals surface area contributed by atoms with Gasteiger partial charge in [-0.05, 0) is 25.7 Å². The molecule has 0 aromatic carbocycles. The monoisotopic (exact) mass is 249 g/mol. The van der Waals surface area contributed by atoms with Gasteiger partial charge in [-0.25, -0.2) is 0 Å². The molecule has 2 fully saturated rings. The van der Waals surface area contributed by atoms with Crippen LogP contribution in [0.5, 0.6) is 0 Å². The van der Waals surface area contributed by atoms with Crippen LogP contribution in [0.15, 0.2) is 4.52 Å². The van der Waals surface area contributed by atoms with Crippen molar-refractivity contribution in [3.05, 3.63) is 11.7 Å². The maximum Gasteiger partial charge on any atom is 0.231 e. The number of nitrogens with zero attached hydrogens (tertiary/aromatic N) is 2. The van der Waals surface area contributed by atoms with Crippen molar-refractivity contribution >= 4 is 0 Å². The van der Waals surface area contributed by atoms with Crippen LogP contribution in [0.2, 0.25) is 0 Å². The van der Waals surface area contributed by atoms with Crippen molar-refractivity contribution in [1.29, 1.82) is 0 Å². The van der Waals surface area contributed by atoms with E-state index in [1.54, 1.807) is 0 Å². The molecule has 2 N–H and O–H groups in total. The summed E-state index contributed by atoms with van der Waals surface area (Å²) in [6.45, 7) is 0. The molecule has 2 unspecified atom stereocenters. The first-order chi connectivity index (χ1) is 8.84. The minimum absolute atomic E-state index is 0.198. The average Bonchev–Trinajstić information content (AvgIpc) is 3.00. The van der Waals surface area contributed by atoms with Gasteiger partial charge >= 0.3 is 0 Å². The molecule has 0 spiro atoms. The van der Waals surface area contributed by atoms with Gasteiger partial charge < -0.3 is 10.3 Å². The molecule has 18 heavy (non-hydrogen) atoms. The second kappa shape index (κ2) is 5.39. The van der Waals surface area contributed by atoms with E-state index in [2.05, 4.69) is 10.1 Å². The second-order valence-corrected chi connectivity index (χ2v) is 5.88. The minimum atomic E-state index is 0.198. The van der Waals surface area contributed by atoms with E-state index in [0.29, 0.717) is 5.92 Å². The fraction of sp³-hybridized carbons (Fsp3) is 0.857. The van der Waals surface area contributed by atoms with E-state index < -0.39 is 0 Å². The summed E-state index contributed by atoms with van der Waals surface area (Å²) in [7, 11) is 0. The fourth-order valence-corrected chi connectivity index (χ4v) is 3.39. The smallest absolute Gasteiger partial charge is 0.231 e. The van der Waals surface area contributed by atoms with Gasteiger partial charge in [-0.2, -0.15) is 4.98 Å². The highest BCUT2D eigenvalue weighted by molar-refractivity contribution is 5.03. The molecular formula is C14H23N3O. The predicted octanol–water partition coefficient (Wildman–Crippen LogP) is 3.10. The quantitative estimate of drug-likeness (QED) is 0.818. The standard InChI is InChI=1S/C14H23N3O/c15-12-9-3-1-2-8-11(12)14-16-13(17-18-14)10-6-4-5-7-10/h10-12H,1-9,15H2. The van der Waals surface area contributed by atoms with E-state index in [1.165, 1.54) is 44.9 Å². The van der Waals surface area contributed by atoms with E-state index >= 15 is 0 Å². The molecule has 0 radical (unpaired) electrons. The number of rotatable bonds is 2. The number of nitrogens with two attached hydrogens (primary N) is 1. The summed E-state index contributed by atoms with van der Waals surface area (Å²) in [6.07, 6.45) is 11.0. The molecule has 1 aromatic heterocycles. The zero-order chi connectivity index (χ0) is 12.4. The van der Waals surface area contributed by atoms with Crippen LogP contribution < -0.4 is 5.73 Å². The zero-order valence-electron chi connectivity index (χ0n) is 11.0. The Morgan fingerprint density at radius 1 is 0.944 bits per heavy atom. The summed E-state index contributed by atoms with van der Waals surface area (Å²) < 4.78 is 5.50. The highest BCUT2D eigenvalue weighted by atomic mass is 16.5. The first kappa shape index (κ1) is 12.2. The van der Waals surface area contributed by atoms with Crippen LogP contribution >= 0.6 is 0 Å². The molecule has 2 aliphatic carbocycles. The third kappa shape index (κ3) is 2.44. The van der Waals surface area contributed by atoms with Crippen molar-refractivity contribution in [3.8, 4) is 0 Å². The molecule has 0 bridgehead atoms. The molecule has 3 rings (SSSR count). The van der Waals surface area contributed by atoms with E-state index in [4.69, 9.17) is 10.3 Å². The van der Waals surface area contributed by atoms with Gasteiger partial charge in [-0.1, -0.05) is 37.3 Å². The van der Waals surface area contributed by atoms with Crippen molar-refractivity contribution in [1.82, 2.24) is 10.1 Å². The van der Waals surface area contributed by atoms with E-state index in [0.717, 1.165) is 24.6 Å². The Morgan fingerprint density at radius 3 is 2.50 bits per heavy atom. The summed E-state index contributed by atoms with van der Waals surface area (Å²) in [4.78, 5) is 4.65. The lowest BCUT2D eigenvalue weighted by molar-refractivity contribution is 0.322. The lowest BCUT2D eigenvalue weighted by Gasteiger charge is -2.16. The molecule has 1 aromatic rings. The molecule has 4 heteroatoms. The van der Waals surface area contributed by atoms with E-state index in [-0.39, 0.29) is 12.0 Å². The van der Waals surface area contributed by atoms with Crippen molar-refractivity contribution < 1.29 is 4.52 Å². The summed E-state index contributed by atoms with van der Waals surface area (Å²) in [5, 5.41) is 4.20. The van der Waals surface area contributed by atoms with Crippen LogP contribution in [0.25, 0.3) is 0 Å². The SMILES string of the molecule is NC1CCCCCC1c1nc(C2CCCC2)no1. The summed E-state index contributed by atoms with van der Waals surface area (Å²) in [6, 6.07) is 0.198. The molecular weight excluding hydrogens is 226 g/mol. The second-order valence-electron chi connectivity index (χ2n) is 5.88. The normalized spacial score (nSPS) is 30.5. The average molecular weight is 249 g/mol. The molecule has 2 saturated carbocycles. The molecule has 0 amide bonds. The number of hydrogen-bond acceptors (Lipinski definition) is 4. The van der Waals surface area contributed by atoms with Gasteiger partial charge in [0.1, 0.15) is 0 Å².